The smallest absolute Gasteiger partial charge is 0.221 e. The maximum Gasteiger partial charge on any atom is 0.221 e. The zero-order valence-corrected chi connectivity index (χ0v) is 15.9. The summed E-state index contributed by atoms with van der Waals surface area (Å²) >= 11 is 1.58. The highest BCUT2D eigenvalue weighted by Gasteiger charge is 2.28. The minimum Gasteiger partial charge on any atom is -0.345 e. The first kappa shape index (κ1) is 21.6. The number of carbonyl (C=O) groups excluding carboxylic acids is 1. The zero-order chi connectivity index (χ0) is 14.6. The molecule has 0 saturated carbocycles. The molecule has 2 heterocycles. The van der Waals surface area contributed by atoms with Crippen molar-refractivity contribution in [1.82, 2.24) is 15.6 Å². The molecule has 1 aromatic heterocycles. The third kappa shape index (κ3) is 6.03. The number of piperidine rings is 1. The molecule has 1 aromatic rings. The molecular formula is C15H27Cl2N3OS. The Morgan fingerprint density at radius 1 is 1.45 bits per heavy atom. The van der Waals surface area contributed by atoms with Gasteiger partial charge in [0.25, 0.3) is 0 Å². The molecule has 0 aliphatic carbocycles. The molecule has 1 fully saturated rings. The molecule has 2 rings (SSSR count). The average Bonchev–Trinajstić information content (AvgIpc) is 2.93. The van der Waals surface area contributed by atoms with E-state index in [-0.39, 0.29) is 36.3 Å². The SMILES string of the molecule is CC(CC(=O)NC(C)(C)c1nccs1)C1CCNCC1.Cl.Cl. The van der Waals surface area contributed by atoms with Crippen LogP contribution < -0.4 is 10.6 Å². The van der Waals surface area contributed by atoms with E-state index in [1.165, 1.54) is 12.8 Å². The highest BCUT2D eigenvalue weighted by atomic mass is 35.5. The quantitative estimate of drug-likeness (QED) is 0.838. The Balaban J connectivity index is 0.00000220. The van der Waals surface area contributed by atoms with E-state index in [1.807, 2.05) is 19.2 Å². The molecule has 7 heteroatoms. The van der Waals surface area contributed by atoms with Gasteiger partial charge in [0.2, 0.25) is 5.91 Å². The molecule has 0 aromatic carbocycles. The molecule has 128 valence electrons. The lowest BCUT2D eigenvalue weighted by atomic mass is 9.84. The maximum absolute atomic E-state index is 12.3. The third-order valence-electron chi connectivity index (χ3n) is 4.11. The van der Waals surface area contributed by atoms with Crippen molar-refractivity contribution in [1.29, 1.82) is 0 Å². The summed E-state index contributed by atoms with van der Waals surface area (Å²) in [5.74, 6) is 1.26. The van der Waals surface area contributed by atoms with E-state index in [0.717, 1.165) is 18.1 Å². The fourth-order valence-corrected chi connectivity index (χ4v) is 3.58. The van der Waals surface area contributed by atoms with Crippen LogP contribution >= 0.6 is 36.2 Å². The summed E-state index contributed by atoms with van der Waals surface area (Å²) in [6, 6.07) is 0. The van der Waals surface area contributed by atoms with Gasteiger partial charge in [0.15, 0.2) is 0 Å². The number of hydrogen-bond donors (Lipinski definition) is 2. The van der Waals surface area contributed by atoms with Gasteiger partial charge in [0.1, 0.15) is 5.01 Å². The van der Waals surface area contributed by atoms with Crippen LogP contribution in [0.3, 0.4) is 0 Å². The minimum atomic E-state index is -0.376. The van der Waals surface area contributed by atoms with Crippen LogP contribution in [0.5, 0.6) is 0 Å². The third-order valence-corrected chi connectivity index (χ3v) is 5.21. The van der Waals surface area contributed by atoms with Gasteiger partial charge in [-0.25, -0.2) is 4.98 Å². The molecule has 22 heavy (non-hydrogen) atoms. The number of nitrogens with zero attached hydrogens (tertiary/aromatic N) is 1. The van der Waals surface area contributed by atoms with Gasteiger partial charge in [-0.05, 0) is 51.6 Å². The second-order valence-electron chi connectivity index (χ2n) is 6.28. The van der Waals surface area contributed by atoms with Crippen LogP contribution in [0.25, 0.3) is 0 Å². The zero-order valence-electron chi connectivity index (χ0n) is 13.4. The topological polar surface area (TPSA) is 54.0 Å². The van der Waals surface area contributed by atoms with E-state index < -0.39 is 0 Å². The molecule has 1 atom stereocenters. The Labute approximate surface area is 149 Å². The highest BCUT2D eigenvalue weighted by molar-refractivity contribution is 7.09. The van der Waals surface area contributed by atoms with Crippen LogP contribution in [0.1, 0.15) is 45.0 Å². The van der Waals surface area contributed by atoms with Crippen molar-refractivity contribution in [3.05, 3.63) is 16.6 Å². The number of halogens is 2. The molecule has 1 amide bonds. The molecule has 0 bridgehead atoms. The first-order valence-corrected chi connectivity index (χ1v) is 8.28. The predicted octanol–water partition coefficient (Wildman–Crippen LogP) is 3.36. The number of rotatable bonds is 5. The molecule has 1 unspecified atom stereocenters. The molecule has 1 saturated heterocycles. The van der Waals surface area contributed by atoms with Crippen molar-refractivity contribution in [2.75, 3.05) is 13.1 Å². The lowest BCUT2D eigenvalue weighted by Crippen LogP contribution is -2.42. The fraction of sp³-hybridized carbons (Fsp3) is 0.733. The van der Waals surface area contributed by atoms with Crippen molar-refractivity contribution in [2.24, 2.45) is 11.8 Å². The van der Waals surface area contributed by atoms with E-state index in [2.05, 4.69) is 22.5 Å². The summed E-state index contributed by atoms with van der Waals surface area (Å²) < 4.78 is 0. The molecule has 2 N–H and O–H groups in total. The Kier molecular flexibility index (Phi) is 9.55. The number of thiazole rings is 1. The van der Waals surface area contributed by atoms with Crippen molar-refractivity contribution < 1.29 is 4.79 Å². The lowest BCUT2D eigenvalue weighted by molar-refractivity contribution is -0.124. The van der Waals surface area contributed by atoms with Crippen LogP contribution in [0, 0.1) is 11.8 Å². The van der Waals surface area contributed by atoms with Gasteiger partial charge in [-0.2, -0.15) is 0 Å². The Hall–Kier alpha value is -0.360. The lowest BCUT2D eigenvalue weighted by Gasteiger charge is -2.29. The normalized spacial score (nSPS) is 17.0. The minimum absolute atomic E-state index is 0. The van der Waals surface area contributed by atoms with Crippen LogP contribution in [0.15, 0.2) is 11.6 Å². The van der Waals surface area contributed by atoms with Gasteiger partial charge in [0.05, 0.1) is 5.54 Å². The molecule has 1 aliphatic heterocycles. The second-order valence-corrected chi connectivity index (χ2v) is 7.17. The van der Waals surface area contributed by atoms with E-state index in [4.69, 9.17) is 0 Å². The molecule has 1 aliphatic rings. The van der Waals surface area contributed by atoms with E-state index in [1.54, 1.807) is 17.5 Å². The molecule has 0 spiro atoms. The van der Waals surface area contributed by atoms with E-state index in [9.17, 15) is 4.79 Å². The summed E-state index contributed by atoms with van der Waals surface area (Å²) in [5, 5.41) is 9.40. The Morgan fingerprint density at radius 3 is 2.64 bits per heavy atom. The van der Waals surface area contributed by atoms with Crippen molar-refractivity contribution in [3.8, 4) is 0 Å². The summed E-state index contributed by atoms with van der Waals surface area (Å²) in [4.78, 5) is 16.6. The first-order valence-electron chi connectivity index (χ1n) is 7.41. The molecule has 4 nitrogen and oxygen atoms in total. The van der Waals surface area contributed by atoms with Crippen LogP contribution in [0.2, 0.25) is 0 Å². The van der Waals surface area contributed by atoms with Crippen molar-refractivity contribution in [3.63, 3.8) is 0 Å². The average molecular weight is 368 g/mol. The van der Waals surface area contributed by atoms with Gasteiger partial charge < -0.3 is 10.6 Å². The van der Waals surface area contributed by atoms with Gasteiger partial charge >= 0.3 is 0 Å². The number of nitrogens with one attached hydrogen (secondary N) is 2. The molecule has 0 radical (unpaired) electrons. The van der Waals surface area contributed by atoms with Gasteiger partial charge in [-0.1, -0.05) is 6.92 Å². The summed E-state index contributed by atoms with van der Waals surface area (Å²) in [7, 11) is 0. The second kappa shape index (κ2) is 9.71. The highest BCUT2D eigenvalue weighted by Crippen LogP contribution is 2.26. The van der Waals surface area contributed by atoms with Crippen LogP contribution in [0.4, 0.5) is 0 Å². The van der Waals surface area contributed by atoms with Crippen LogP contribution in [-0.4, -0.2) is 24.0 Å². The summed E-state index contributed by atoms with van der Waals surface area (Å²) in [6.45, 7) is 8.40. The van der Waals surface area contributed by atoms with Gasteiger partial charge in [0, 0.05) is 18.0 Å². The number of amides is 1. The van der Waals surface area contributed by atoms with Crippen molar-refractivity contribution in [2.45, 2.75) is 45.6 Å². The maximum atomic E-state index is 12.3. The van der Waals surface area contributed by atoms with Gasteiger partial charge in [-0.3, -0.25) is 4.79 Å². The largest absolute Gasteiger partial charge is 0.345 e. The first-order chi connectivity index (χ1) is 9.49. The van der Waals surface area contributed by atoms with Gasteiger partial charge in [-0.15, -0.1) is 36.2 Å². The monoisotopic (exact) mass is 367 g/mol. The fourth-order valence-electron chi connectivity index (χ4n) is 2.86. The Bertz CT molecular complexity index is 434. The number of aromatic nitrogens is 1. The standard InChI is InChI=1S/C15H25N3OS.2ClH/c1-11(12-4-6-16-7-5-12)10-13(19)18-15(2,3)14-17-8-9-20-14;;/h8-9,11-12,16H,4-7,10H2,1-3H3,(H,18,19);2*1H. The summed E-state index contributed by atoms with van der Waals surface area (Å²) in [6.07, 6.45) is 4.76. The predicted molar refractivity (Wildman–Crippen MR) is 97.2 cm³/mol. The van der Waals surface area contributed by atoms with Crippen molar-refractivity contribution >= 4 is 42.1 Å². The number of carbonyl (C=O) groups is 1. The van der Waals surface area contributed by atoms with E-state index >= 15 is 0 Å². The Morgan fingerprint density at radius 2 is 2.09 bits per heavy atom. The summed E-state index contributed by atoms with van der Waals surface area (Å²) in [5.41, 5.74) is -0.376. The molecular weight excluding hydrogens is 341 g/mol. The van der Waals surface area contributed by atoms with Crippen LogP contribution in [-0.2, 0) is 10.3 Å². The van der Waals surface area contributed by atoms with E-state index in [0.29, 0.717) is 18.3 Å². The number of hydrogen-bond acceptors (Lipinski definition) is 4.